The van der Waals surface area contributed by atoms with Crippen LogP contribution in [0.1, 0.15) is 118 Å². The number of amides is 1. The second-order valence-corrected chi connectivity index (χ2v) is 10.5. The highest BCUT2D eigenvalue weighted by atomic mass is 16.4. The van der Waals surface area contributed by atoms with Gasteiger partial charge in [0.2, 0.25) is 5.91 Å². The molecular weight excluding hydrogens is 422 g/mol. The monoisotopic (exact) mass is 472 g/mol. The first kappa shape index (κ1) is 30.2. The minimum absolute atomic E-state index is 0.172. The highest BCUT2D eigenvalue weighted by Gasteiger charge is 2.43. The molecule has 0 aromatic carbocycles. The number of unbranched alkanes of at least 4 members (excludes halogenated alkanes) is 9. The number of nitrogens with one attached hydrogen (secondary N) is 1. The largest absolute Gasteiger partial charge is 0.549 e. The number of hydrogen-bond donors (Lipinski definition) is 1. The first-order chi connectivity index (χ1) is 16.3. The van der Waals surface area contributed by atoms with Gasteiger partial charge in [-0.1, -0.05) is 108 Å². The van der Waals surface area contributed by atoms with Crippen molar-refractivity contribution in [3.8, 4) is 0 Å². The molecule has 0 fully saturated rings. The van der Waals surface area contributed by atoms with Crippen molar-refractivity contribution in [1.82, 2.24) is 5.32 Å². The molecule has 4 heteroatoms. The minimum Gasteiger partial charge on any atom is -0.549 e. The van der Waals surface area contributed by atoms with Crippen LogP contribution in [-0.2, 0) is 9.59 Å². The Kier molecular flexibility index (Phi) is 15.6. The third-order valence-electron chi connectivity index (χ3n) is 7.12. The van der Waals surface area contributed by atoms with Gasteiger partial charge in [-0.3, -0.25) is 4.79 Å². The maximum Gasteiger partial charge on any atom is 0.231 e. The average Bonchev–Trinajstić information content (AvgIpc) is 2.80. The average molecular weight is 473 g/mol. The summed E-state index contributed by atoms with van der Waals surface area (Å²) in [6.45, 7) is 9.23. The van der Waals surface area contributed by atoms with Crippen LogP contribution < -0.4 is 10.4 Å². The predicted molar refractivity (Wildman–Crippen MR) is 141 cm³/mol. The summed E-state index contributed by atoms with van der Waals surface area (Å²) in [7, 11) is 0. The second kappa shape index (κ2) is 17.6. The van der Waals surface area contributed by atoms with Crippen LogP contribution >= 0.6 is 0 Å². The fourth-order valence-corrected chi connectivity index (χ4v) is 4.80. The molecule has 1 amide bonds. The van der Waals surface area contributed by atoms with E-state index in [4.69, 9.17) is 0 Å². The topological polar surface area (TPSA) is 69.2 Å². The first-order valence-electron chi connectivity index (χ1n) is 13.8. The van der Waals surface area contributed by atoms with Gasteiger partial charge in [0.25, 0.3) is 0 Å². The molecule has 0 bridgehead atoms. The maximum absolute atomic E-state index is 13.3. The minimum atomic E-state index is -1.17. The van der Waals surface area contributed by atoms with Gasteiger partial charge >= 0.3 is 0 Å². The van der Waals surface area contributed by atoms with Gasteiger partial charge in [-0.2, -0.15) is 0 Å². The molecule has 1 aliphatic carbocycles. The van der Waals surface area contributed by atoms with E-state index in [-0.39, 0.29) is 5.91 Å². The number of carbonyl (C=O) groups excluding carboxylic acids is 2. The summed E-state index contributed by atoms with van der Waals surface area (Å²) in [6.07, 6.45) is 25.0. The van der Waals surface area contributed by atoms with Crippen LogP contribution in [0.4, 0.5) is 0 Å². The number of allylic oxidation sites excluding steroid dienone is 4. The van der Waals surface area contributed by atoms with Gasteiger partial charge in [0, 0.05) is 18.4 Å². The number of carboxylic acids is 1. The van der Waals surface area contributed by atoms with Crippen molar-refractivity contribution in [1.29, 1.82) is 0 Å². The van der Waals surface area contributed by atoms with Crippen LogP contribution in [0.3, 0.4) is 0 Å². The van der Waals surface area contributed by atoms with Crippen molar-refractivity contribution < 1.29 is 14.7 Å². The summed E-state index contributed by atoms with van der Waals surface area (Å²) in [5.41, 5.74) is 0.254. The van der Waals surface area contributed by atoms with E-state index in [9.17, 15) is 14.7 Å². The molecule has 1 aliphatic rings. The van der Waals surface area contributed by atoms with Gasteiger partial charge in [-0.25, -0.2) is 0 Å². The second-order valence-electron chi connectivity index (χ2n) is 10.5. The Bertz CT molecular complexity index is 675. The number of carbonyl (C=O) groups is 2. The van der Waals surface area contributed by atoms with Crippen molar-refractivity contribution >= 4 is 11.9 Å². The zero-order valence-electron chi connectivity index (χ0n) is 22.4. The van der Waals surface area contributed by atoms with E-state index in [1.165, 1.54) is 56.9 Å². The molecule has 0 radical (unpaired) electrons. The van der Waals surface area contributed by atoms with Crippen LogP contribution in [0, 0.1) is 17.3 Å². The lowest BCUT2D eigenvalue weighted by atomic mass is 9.68. The van der Waals surface area contributed by atoms with Gasteiger partial charge in [-0.05, 0) is 51.9 Å². The van der Waals surface area contributed by atoms with Crippen LogP contribution in [0.2, 0.25) is 0 Å². The summed E-state index contributed by atoms with van der Waals surface area (Å²) in [6, 6.07) is 0. The summed E-state index contributed by atoms with van der Waals surface area (Å²) >= 11 is 0. The quantitative estimate of drug-likeness (QED) is 0.169. The van der Waals surface area contributed by atoms with Gasteiger partial charge in [0.15, 0.2) is 0 Å². The third kappa shape index (κ3) is 11.5. The lowest BCUT2D eigenvalue weighted by Gasteiger charge is -2.38. The molecule has 34 heavy (non-hydrogen) atoms. The Labute approximate surface area is 209 Å². The molecule has 3 unspecified atom stereocenters. The maximum atomic E-state index is 13.3. The Morgan fingerprint density at radius 2 is 1.59 bits per heavy atom. The lowest BCUT2D eigenvalue weighted by molar-refractivity contribution is -0.312. The zero-order chi connectivity index (χ0) is 25.2. The fraction of sp³-hybridized carbons (Fsp3) is 0.733. The van der Waals surface area contributed by atoms with Crippen LogP contribution in [-0.4, -0.2) is 18.4 Å². The molecule has 0 saturated carbocycles. The Morgan fingerprint density at radius 1 is 0.971 bits per heavy atom. The van der Waals surface area contributed by atoms with Gasteiger partial charge < -0.3 is 15.2 Å². The standard InChI is InChI=1S/C30H51NO3/c1-5-6-7-8-9-10-11-12-13-16-24-31-29(34)30(22-15-14-20-27(30)28(32)33)23-21-26(4)19-17-18-25(2)3/h14-15,18,20,22,26-27H,5-13,16-17,19,21,23-24H2,1-4H3,(H,31,34)(H,32,33)/p-1. The van der Waals surface area contributed by atoms with E-state index in [1.807, 2.05) is 6.08 Å². The van der Waals surface area contributed by atoms with Crippen molar-refractivity contribution in [2.75, 3.05) is 6.54 Å². The Balaban J connectivity index is 2.51. The molecular formula is C30H50NO3-. The normalized spacial score (nSPS) is 20.2. The highest BCUT2D eigenvalue weighted by Crippen LogP contribution is 2.40. The molecule has 0 aliphatic heterocycles. The molecule has 1 N–H and O–H groups in total. The van der Waals surface area contributed by atoms with Gasteiger partial charge in [0.1, 0.15) is 0 Å². The summed E-state index contributed by atoms with van der Waals surface area (Å²) < 4.78 is 0. The molecule has 1 rings (SSSR count). The predicted octanol–water partition coefficient (Wildman–Crippen LogP) is 6.66. The summed E-state index contributed by atoms with van der Waals surface area (Å²) in [5, 5.41) is 15.0. The number of aliphatic carboxylic acids is 1. The first-order valence-corrected chi connectivity index (χ1v) is 13.8. The molecule has 0 saturated heterocycles. The van der Waals surface area contributed by atoms with Gasteiger partial charge in [0.05, 0.1) is 5.41 Å². The molecule has 4 nitrogen and oxygen atoms in total. The van der Waals surface area contributed by atoms with Crippen molar-refractivity contribution in [3.05, 3.63) is 36.0 Å². The van der Waals surface area contributed by atoms with Crippen molar-refractivity contribution in [2.45, 2.75) is 118 Å². The van der Waals surface area contributed by atoms with E-state index in [1.54, 1.807) is 18.2 Å². The van der Waals surface area contributed by atoms with E-state index < -0.39 is 17.3 Å². The smallest absolute Gasteiger partial charge is 0.231 e. The van der Waals surface area contributed by atoms with E-state index in [0.717, 1.165) is 32.1 Å². The van der Waals surface area contributed by atoms with Crippen molar-refractivity contribution in [2.24, 2.45) is 17.3 Å². The SMILES string of the molecule is CCCCCCCCCCCCNC(=O)C1(CCC(C)CCC=C(C)C)C=CC=CC1C(=O)[O-]. The van der Waals surface area contributed by atoms with Crippen LogP contribution in [0.25, 0.3) is 0 Å². The summed E-state index contributed by atoms with van der Waals surface area (Å²) in [4.78, 5) is 25.3. The molecule has 0 aromatic rings. The number of hydrogen-bond acceptors (Lipinski definition) is 3. The Hall–Kier alpha value is -1.84. The van der Waals surface area contributed by atoms with Crippen LogP contribution in [0.5, 0.6) is 0 Å². The van der Waals surface area contributed by atoms with E-state index in [2.05, 4.69) is 39.1 Å². The van der Waals surface area contributed by atoms with E-state index in [0.29, 0.717) is 18.9 Å². The molecule has 0 heterocycles. The molecule has 3 atom stereocenters. The highest BCUT2D eigenvalue weighted by molar-refractivity contribution is 5.91. The zero-order valence-corrected chi connectivity index (χ0v) is 22.4. The fourth-order valence-electron chi connectivity index (χ4n) is 4.80. The molecule has 194 valence electrons. The van der Waals surface area contributed by atoms with Crippen LogP contribution in [0.15, 0.2) is 36.0 Å². The van der Waals surface area contributed by atoms with E-state index >= 15 is 0 Å². The summed E-state index contributed by atoms with van der Waals surface area (Å²) in [5.74, 6) is -1.85. The molecule has 0 aromatic heterocycles. The Morgan fingerprint density at radius 3 is 2.18 bits per heavy atom. The third-order valence-corrected chi connectivity index (χ3v) is 7.12. The number of rotatable bonds is 19. The van der Waals surface area contributed by atoms with Crippen molar-refractivity contribution in [3.63, 3.8) is 0 Å². The lowest BCUT2D eigenvalue weighted by Crippen LogP contribution is -2.51. The number of carboxylic acid groups (broad SMARTS) is 1. The van der Waals surface area contributed by atoms with Gasteiger partial charge in [-0.15, -0.1) is 0 Å². The molecule has 0 spiro atoms.